The van der Waals surface area contributed by atoms with Crippen LogP contribution >= 0.6 is 0 Å². The van der Waals surface area contributed by atoms with Gasteiger partial charge in [0.2, 0.25) is 0 Å². The van der Waals surface area contributed by atoms with Crippen molar-refractivity contribution < 1.29 is 19.1 Å². The summed E-state index contributed by atoms with van der Waals surface area (Å²) in [6.45, 7) is -0.426. The van der Waals surface area contributed by atoms with Gasteiger partial charge >= 0.3 is 0 Å². The summed E-state index contributed by atoms with van der Waals surface area (Å²) in [4.78, 5) is 20.7. The molecule has 0 aliphatic carbocycles. The number of hydrogen-bond donors (Lipinski definition) is 1. The second-order valence-electron chi connectivity index (χ2n) is 2.47. The Morgan fingerprint density at radius 1 is 1.23 bits per heavy atom. The highest BCUT2D eigenvalue weighted by molar-refractivity contribution is 5.83. The number of benzene rings is 1. The van der Waals surface area contributed by atoms with E-state index >= 15 is 0 Å². The number of halogens is 1. The molecular formula is C9H7FO3. The van der Waals surface area contributed by atoms with Crippen molar-refractivity contribution in [1.29, 1.82) is 0 Å². The number of hydrogen-bond acceptors (Lipinski definition) is 3. The van der Waals surface area contributed by atoms with Gasteiger partial charge in [0, 0.05) is 5.56 Å². The van der Waals surface area contributed by atoms with E-state index in [0.29, 0.717) is 12.6 Å². The van der Waals surface area contributed by atoms with Crippen LogP contribution in [0.5, 0.6) is 0 Å². The third-order valence-corrected chi connectivity index (χ3v) is 1.68. The van der Waals surface area contributed by atoms with Crippen molar-refractivity contribution in [2.45, 2.75) is 6.61 Å². The molecule has 0 saturated heterocycles. The summed E-state index contributed by atoms with van der Waals surface area (Å²) in [5.74, 6) is -0.732. The number of aldehydes is 2. The Hall–Kier alpha value is -1.55. The lowest BCUT2D eigenvalue weighted by atomic mass is 10.1. The van der Waals surface area contributed by atoms with Crippen molar-refractivity contribution in [3.8, 4) is 0 Å². The number of aliphatic hydroxyl groups is 1. The number of rotatable bonds is 3. The predicted molar refractivity (Wildman–Crippen MR) is 43.1 cm³/mol. The van der Waals surface area contributed by atoms with Crippen LogP contribution in [0.1, 0.15) is 26.3 Å². The Bertz CT molecular complexity index is 347. The second-order valence-corrected chi connectivity index (χ2v) is 2.47. The van der Waals surface area contributed by atoms with E-state index in [1.165, 1.54) is 0 Å². The summed E-state index contributed by atoms with van der Waals surface area (Å²) in [7, 11) is 0. The van der Waals surface area contributed by atoms with Crippen LogP contribution in [0.3, 0.4) is 0 Å². The fourth-order valence-corrected chi connectivity index (χ4v) is 0.986. The Balaban J connectivity index is 3.34. The highest BCUT2D eigenvalue weighted by Gasteiger charge is 2.07. The fourth-order valence-electron chi connectivity index (χ4n) is 0.986. The minimum absolute atomic E-state index is 0.131. The summed E-state index contributed by atoms with van der Waals surface area (Å²) < 4.78 is 12.9. The highest BCUT2D eigenvalue weighted by Crippen LogP contribution is 2.13. The molecular weight excluding hydrogens is 175 g/mol. The molecule has 0 spiro atoms. The molecule has 0 saturated carbocycles. The molecule has 68 valence electrons. The van der Waals surface area contributed by atoms with Crippen molar-refractivity contribution in [2.75, 3.05) is 0 Å². The molecule has 0 radical (unpaired) electrons. The third kappa shape index (κ3) is 1.78. The van der Waals surface area contributed by atoms with Crippen LogP contribution in [0.25, 0.3) is 0 Å². The van der Waals surface area contributed by atoms with Gasteiger partial charge in [-0.1, -0.05) is 0 Å². The summed E-state index contributed by atoms with van der Waals surface area (Å²) in [6.07, 6.45) is 0.793. The van der Waals surface area contributed by atoms with Crippen LogP contribution in [0, 0.1) is 5.82 Å². The molecule has 0 aromatic heterocycles. The van der Waals surface area contributed by atoms with E-state index in [0.717, 1.165) is 12.1 Å². The van der Waals surface area contributed by atoms with Gasteiger partial charge in [-0.15, -0.1) is 0 Å². The largest absolute Gasteiger partial charge is 0.392 e. The summed E-state index contributed by atoms with van der Waals surface area (Å²) >= 11 is 0. The van der Waals surface area contributed by atoms with Gasteiger partial charge in [0.05, 0.1) is 12.2 Å². The average molecular weight is 182 g/mol. The number of aliphatic hydroxyl groups excluding tert-OH is 1. The van der Waals surface area contributed by atoms with E-state index in [4.69, 9.17) is 5.11 Å². The molecule has 0 atom stereocenters. The van der Waals surface area contributed by atoms with Crippen molar-refractivity contribution in [1.82, 2.24) is 0 Å². The molecule has 1 N–H and O–H groups in total. The monoisotopic (exact) mass is 182 g/mol. The Morgan fingerprint density at radius 2 is 1.85 bits per heavy atom. The van der Waals surface area contributed by atoms with Crippen molar-refractivity contribution in [3.05, 3.63) is 34.6 Å². The molecule has 13 heavy (non-hydrogen) atoms. The fraction of sp³-hybridized carbons (Fsp3) is 0.111. The minimum Gasteiger partial charge on any atom is -0.392 e. The Morgan fingerprint density at radius 3 is 2.31 bits per heavy atom. The first kappa shape index (κ1) is 9.54. The minimum atomic E-state index is -0.732. The molecule has 1 rings (SSSR count). The zero-order valence-corrected chi connectivity index (χ0v) is 6.66. The summed E-state index contributed by atoms with van der Waals surface area (Å²) in [6, 6.07) is 2.09. The Labute approximate surface area is 73.8 Å². The Kier molecular flexibility index (Phi) is 2.87. The van der Waals surface area contributed by atoms with Crippen LogP contribution in [-0.4, -0.2) is 17.7 Å². The normalized spacial score (nSPS) is 9.69. The quantitative estimate of drug-likeness (QED) is 0.708. The van der Waals surface area contributed by atoms with Crippen LogP contribution in [0.2, 0.25) is 0 Å². The number of carbonyl (C=O) groups excluding carboxylic acids is 2. The first-order valence-electron chi connectivity index (χ1n) is 3.56. The van der Waals surface area contributed by atoms with Gasteiger partial charge in [0.15, 0.2) is 6.29 Å². The average Bonchev–Trinajstić information content (AvgIpc) is 2.17. The molecule has 0 unspecified atom stereocenters. The van der Waals surface area contributed by atoms with Gasteiger partial charge < -0.3 is 5.11 Å². The molecule has 0 aliphatic rings. The third-order valence-electron chi connectivity index (χ3n) is 1.68. The van der Waals surface area contributed by atoms with Gasteiger partial charge in [-0.2, -0.15) is 0 Å². The molecule has 0 heterocycles. The maximum absolute atomic E-state index is 12.9. The molecule has 0 amide bonds. The number of carbonyl (C=O) groups is 2. The first-order chi connectivity index (χ1) is 6.22. The molecule has 4 heteroatoms. The summed E-state index contributed by atoms with van der Waals surface area (Å²) in [5.41, 5.74) is 0.128. The van der Waals surface area contributed by atoms with E-state index in [1.807, 2.05) is 0 Å². The second kappa shape index (κ2) is 3.91. The van der Waals surface area contributed by atoms with Crippen LogP contribution < -0.4 is 0 Å². The zero-order chi connectivity index (χ0) is 9.84. The molecule has 3 nitrogen and oxygen atoms in total. The van der Waals surface area contributed by atoms with Crippen molar-refractivity contribution in [2.24, 2.45) is 0 Å². The van der Waals surface area contributed by atoms with E-state index in [9.17, 15) is 14.0 Å². The topological polar surface area (TPSA) is 54.4 Å². The van der Waals surface area contributed by atoms with Crippen molar-refractivity contribution >= 4 is 12.6 Å². The maximum Gasteiger partial charge on any atom is 0.153 e. The van der Waals surface area contributed by atoms with E-state index < -0.39 is 12.4 Å². The molecule has 0 aliphatic heterocycles. The predicted octanol–water partition coefficient (Wildman–Crippen LogP) is 0.943. The van der Waals surface area contributed by atoms with Gasteiger partial charge in [0.1, 0.15) is 12.1 Å². The SMILES string of the molecule is O=Cc1cc(C=O)c(CO)cc1F. The molecule has 1 aromatic carbocycles. The first-order valence-corrected chi connectivity index (χ1v) is 3.56. The lowest BCUT2D eigenvalue weighted by Gasteiger charge is -2.02. The maximum atomic E-state index is 12.9. The van der Waals surface area contributed by atoms with Crippen LogP contribution in [0.15, 0.2) is 12.1 Å². The molecule has 0 bridgehead atoms. The molecule has 0 fully saturated rings. The van der Waals surface area contributed by atoms with Gasteiger partial charge in [-0.25, -0.2) is 4.39 Å². The zero-order valence-electron chi connectivity index (χ0n) is 6.66. The van der Waals surface area contributed by atoms with E-state index in [1.54, 1.807) is 0 Å². The lowest BCUT2D eigenvalue weighted by Crippen LogP contribution is -1.98. The van der Waals surface area contributed by atoms with E-state index in [2.05, 4.69) is 0 Å². The highest BCUT2D eigenvalue weighted by atomic mass is 19.1. The molecule has 1 aromatic rings. The summed E-state index contributed by atoms with van der Waals surface area (Å²) in [5, 5.41) is 8.72. The standard InChI is InChI=1S/C9H7FO3/c10-9-2-7(4-12)6(3-11)1-8(9)5-13/h1-3,5,12H,4H2. The van der Waals surface area contributed by atoms with Gasteiger partial charge in [-0.3, -0.25) is 9.59 Å². The van der Waals surface area contributed by atoms with Gasteiger partial charge in [0.25, 0.3) is 0 Å². The lowest BCUT2D eigenvalue weighted by molar-refractivity contribution is 0.111. The van der Waals surface area contributed by atoms with Gasteiger partial charge in [-0.05, 0) is 17.7 Å². The van der Waals surface area contributed by atoms with Crippen LogP contribution in [0.4, 0.5) is 4.39 Å². The van der Waals surface area contributed by atoms with Crippen LogP contribution in [-0.2, 0) is 6.61 Å². The smallest absolute Gasteiger partial charge is 0.153 e. The van der Waals surface area contributed by atoms with Crippen molar-refractivity contribution in [3.63, 3.8) is 0 Å². The van der Waals surface area contributed by atoms with E-state index in [-0.39, 0.29) is 16.7 Å².